The zero-order valence-corrected chi connectivity index (χ0v) is 8.34. The van der Waals surface area contributed by atoms with E-state index in [0.29, 0.717) is 6.54 Å². The lowest BCUT2D eigenvalue weighted by atomic mass is 10.2. The molecule has 3 N–H and O–H groups in total. The molecule has 0 radical (unpaired) electrons. The van der Waals surface area contributed by atoms with Crippen LogP contribution in [-0.2, 0) is 6.18 Å². The molecule has 0 saturated heterocycles. The Morgan fingerprint density at radius 3 is 2.47 bits per heavy atom. The molecule has 0 aliphatic carbocycles. The van der Waals surface area contributed by atoms with Gasteiger partial charge in [-0.05, 0) is 5.92 Å². The molecule has 5 nitrogen and oxygen atoms in total. The SMILES string of the molecule is CC(C)CN(N)c1n[nH]c(C(F)(F)F)n1. The summed E-state index contributed by atoms with van der Waals surface area (Å²) < 4.78 is 36.4. The molecular weight excluding hydrogens is 211 g/mol. The topological polar surface area (TPSA) is 70.8 Å². The average molecular weight is 223 g/mol. The van der Waals surface area contributed by atoms with Gasteiger partial charge in [0.05, 0.1) is 0 Å². The highest BCUT2D eigenvalue weighted by molar-refractivity contribution is 5.25. The van der Waals surface area contributed by atoms with E-state index in [4.69, 9.17) is 5.84 Å². The molecule has 86 valence electrons. The molecular formula is C7H12F3N5. The van der Waals surface area contributed by atoms with Gasteiger partial charge in [0.25, 0.3) is 5.95 Å². The minimum atomic E-state index is -4.52. The Morgan fingerprint density at radius 1 is 1.47 bits per heavy atom. The number of halogens is 3. The average Bonchev–Trinajstić information content (AvgIpc) is 2.48. The minimum absolute atomic E-state index is 0.156. The van der Waals surface area contributed by atoms with Crippen molar-refractivity contribution in [2.45, 2.75) is 20.0 Å². The highest BCUT2D eigenvalue weighted by Crippen LogP contribution is 2.26. The predicted molar refractivity (Wildman–Crippen MR) is 47.8 cm³/mol. The molecule has 0 unspecified atom stereocenters. The maximum Gasteiger partial charge on any atom is 0.451 e. The molecule has 0 fully saturated rings. The smallest absolute Gasteiger partial charge is 0.277 e. The highest BCUT2D eigenvalue weighted by atomic mass is 19.4. The molecule has 1 heterocycles. The summed E-state index contributed by atoms with van der Waals surface area (Å²) in [5.41, 5.74) is 0. The fourth-order valence-corrected chi connectivity index (χ4v) is 0.983. The fraction of sp³-hybridized carbons (Fsp3) is 0.714. The van der Waals surface area contributed by atoms with E-state index >= 15 is 0 Å². The highest BCUT2D eigenvalue weighted by Gasteiger charge is 2.35. The van der Waals surface area contributed by atoms with Gasteiger partial charge in [-0.2, -0.15) is 18.2 Å². The molecule has 0 aromatic carbocycles. The van der Waals surface area contributed by atoms with E-state index < -0.39 is 12.0 Å². The first-order valence-electron chi connectivity index (χ1n) is 4.32. The normalized spacial score (nSPS) is 12.2. The zero-order valence-electron chi connectivity index (χ0n) is 8.34. The van der Waals surface area contributed by atoms with E-state index in [9.17, 15) is 13.2 Å². The van der Waals surface area contributed by atoms with Crippen molar-refractivity contribution >= 4 is 5.95 Å². The van der Waals surface area contributed by atoms with Crippen LogP contribution < -0.4 is 10.9 Å². The first-order valence-corrected chi connectivity index (χ1v) is 4.32. The number of aromatic amines is 1. The van der Waals surface area contributed by atoms with Crippen LogP contribution in [0.2, 0.25) is 0 Å². The summed E-state index contributed by atoms with van der Waals surface area (Å²) in [7, 11) is 0. The summed E-state index contributed by atoms with van der Waals surface area (Å²) in [5, 5.41) is 6.25. The number of anilines is 1. The van der Waals surface area contributed by atoms with Crippen molar-refractivity contribution in [2.75, 3.05) is 11.6 Å². The zero-order chi connectivity index (χ0) is 11.6. The van der Waals surface area contributed by atoms with Gasteiger partial charge < -0.3 is 0 Å². The first kappa shape index (κ1) is 11.8. The van der Waals surface area contributed by atoms with Gasteiger partial charge in [0.2, 0.25) is 5.82 Å². The Labute approximate surface area is 84.4 Å². The summed E-state index contributed by atoms with van der Waals surface area (Å²) in [6.45, 7) is 4.16. The summed E-state index contributed by atoms with van der Waals surface area (Å²) >= 11 is 0. The van der Waals surface area contributed by atoms with Crippen molar-refractivity contribution in [1.29, 1.82) is 0 Å². The van der Waals surface area contributed by atoms with E-state index in [0.717, 1.165) is 5.01 Å². The third kappa shape index (κ3) is 3.08. The second-order valence-corrected chi connectivity index (χ2v) is 3.53. The molecule has 8 heteroatoms. The molecule has 1 aromatic heterocycles. The number of H-pyrrole nitrogens is 1. The number of aromatic nitrogens is 3. The van der Waals surface area contributed by atoms with Crippen molar-refractivity contribution in [2.24, 2.45) is 11.8 Å². The molecule has 0 bridgehead atoms. The molecule has 0 aliphatic rings. The van der Waals surface area contributed by atoms with Crippen LogP contribution in [-0.4, -0.2) is 21.7 Å². The van der Waals surface area contributed by atoms with Crippen LogP contribution in [0.1, 0.15) is 19.7 Å². The van der Waals surface area contributed by atoms with Crippen molar-refractivity contribution < 1.29 is 13.2 Å². The largest absolute Gasteiger partial charge is 0.451 e. The third-order valence-electron chi connectivity index (χ3n) is 1.56. The van der Waals surface area contributed by atoms with E-state index in [1.54, 1.807) is 5.10 Å². The van der Waals surface area contributed by atoms with Crippen molar-refractivity contribution in [3.8, 4) is 0 Å². The molecule has 0 aliphatic heterocycles. The van der Waals surface area contributed by atoms with E-state index in [2.05, 4.69) is 10.1 Å². The Morgan fingerprint density at radius 2 is 2.07 bits per heavy atom. The van der Waals surface area contributed by atoms with Crippen molar-refractivity contribution in [3.63, 3.8) is 0 Å². The lowest BCUT2D eigenvalue weighted by Crippen LogP contribution is -2.35. The number of hydrogen-bond donors (Lipinski definition) is 2. The maximum atomic E-state index is 12.1. The number of hydrazine groups is 1. The number of nitrogens with two attached hydrogens (primary N) is 1. The molecule has 1 rings (SSSR count). The molecule has 0 spiro atoms. The van der Waals surface area contributed by atoms with Crippen molar-refractivity contribution in [3.05, 3.63) is 5.82 Å². The van der Waals surface area contributed by atoms with Gasteiger partial charge in [-0.25, -0.2) is 5.84 Å². The van der Waals surface area contributed by atoms with Gasteiger partial charge in [-0.15, -0.1) is 5.10 Å². The van der Waals surface area contributed by atoms with Gasteiger partial charge in [-0.1, -0.05) is 13.8 Å². The second-order valence-electron chi connectivity index (χ2n) is 3.53. The van der Waals surface area contributed by atoms with Crippen LogP contribution in [0.15, 0.2) is 0 Å². The lowest BCUT2D eigenvalue weighted by Gasteiger charge is -2.15. The Balaban J connectivity index is 2.76. The number of rotatable bonds is 3. The summed E-state index contributed by atoms with van der Waals surface area (Å²) in [4.78, 5) is 3.24. The number of hydrogen-bond acceptors (Lipinski definition) is 4. The van der Waals surface area contributed by atoms with Crippen LogP contribution >= 0.6 is 0 Å². The molecule has 0 atom stereocenters. The second kappa shape index (κ2) is 4.05. The molecule has 1 aromatic rings. The lowest BCUT2D eigenvalue weighted by molar-refractivity contribution is -0.144. The summed E-state index contributed by atoms with van der Waals surface area (Å²) in [6.07, 6.45) is -4.52. The standard InChI is InChI=1S/C7H12F3N5/c1-4(2)3-15(11)6-12-5(13-14-6)7(8,9)10/h4H,3,11H2,1-2H3,(H,12,13,14). The summed E-state index contributed by atoms with van der Waals surface area (Å²) in [6, 6.07) is 0. The third-order valence-corrected chi connectivity index (χ3v) is 1.56. The molecule has 0 amide bonds. The van der Waals surface area contributed by atoms with E-state index in [1.807, 2.05) is 13.8 Å². The predicted octanol–water partition coefficient (Wildman–Crippen LogP) is 1.16. The first-order chi connectivity index (χ1) is 6.80. The molecule has 15 heavy (non-hydrogen) atoms. The van der Waals surface area contributed by atoms with Gasteiger partial charge >= 0.3 is 6.18 Å². The van der Waals surface area contributed by atoms with Crippen LogP contribution in [0.25, 0.3) is 0 Å². The number of alkyl halides is 3. The minimum Gasteiger partial charge on any atom is -0.277 e. The monoisotopic (exact) mass is 223 g/mol. The van der Waals surface area contributed by atoms with Gasteiger partial charge in [0.1, 0.15) is 0 Å². The number of nitrogens with zero attached hydrogens (tertiary/aromatic N) is 3. The van der Waals surface area contributed by atoms with Crippen LogP contribution in [0.4, 0.5) is 19.1 Å². The number of nitrogens with one attached hydrogen (secondary N) is 1. The Bertz CT molecular complexity index is 319. The molecule has 0 saturated carbocycles. The quantitative estimate of drug-likeness (QED) is 0.595. The van der Waals surface area contributed by atoms with Gasteiger partial charge in [0.15, 0.2) is 0 Å². The van der Waals surface area contributed by atoms with E-state index in [-0.39, 0.29) is 11.9 Å². The fourth-order valence-electron chi connectivity index (χ4n) is 0.983. The van der Waals surface area contributed by atoms with Crippen LogP contribution in [0.5, 0.6) is 0 Å². The Kier molecular flexibility index (Phi) is 3.18. The summed E-state index contributed by atoms with van der Waals surface area (Å²) in [5.74, 6) is 4.39. The van der Waals surface area contributed by atoms with Crippen molar-refractivity contribution in [1.82, 2.24) is 15.2 Å². The van der Waals surface area contributed by atoms with E-state index in [1.165, 1.54) is 0 Å². The van der Waals surface area contributed by atoms with Crippen LogP contribution in [0, 0.1) is 5.92 Å². The maximum absolute atomic E-state index is 12.1. The van der Waals surface area contributed by atoms with Crippen LogP contribution in [0.3, 0.4) is 0 Å². The van der Waals surface area contributed by atoms with Gasteiger partial charge in [-0.3, -0.25) is 10.1 Å². The van der Waals surface area contributed by atoms with Gasteiger partial charge in [0, 0.05) is 6.54 Å². The Hall–Kier alpha value is -1.31.